The maximum Gasteiger partial charge on any atom is 0.417 e. The molecule has 0 fully saturated rings. The smallest absolute Gasteiger partial charge is 0.287 e. The second-order valence-corrected chi connectivity index (χ2v) is 10.2. The van der Waals surface area contributed by atoms with Crippen LogP contribution in [0.3, 0.4) is 0 Å². The van der Waals surface area contributed by atoms with E-state index < -0.39 is 37.5 Å². The fourth-order valence-electron chi connectivity index (χ4n) is 3.17. The molecule has 0 bridgehead atoms. The molecule has 14 heteroatoms. The number of alkyl halides is 3. The number of hydrogen-bond donors (Lipinski definition) is 1. The first kappa shape index (κ1) is 26.0. The number of nitrogens with one attached hydrogen (secondary N) is 1. The van der Waals surface area contributed by atoms with Gasteiger partial charge in [0.15, 0.2) is 0 Å². The van der Waals surface area contributed by atoms with Gasteiger partial charge in [0.25, 0.3) is 10.0 Å². The Morgan fingerprint density at radius 3 is 2.39 bits per heavy atom. The summed E-state index contributed by atoms with van der Waals surface area (Å²) in [5, 5.41) is 3.42. The zero-order chi connectivity index (χ0) is 26.3. The SMILES string of the molecule is O=C(c1cc(-n2cccn2)ccc1Cl)c1ncc(Cl)cc1NS(=O)(=O)c1ccc(Cl)c(C(F)(F)F)c1. The van der Waals surface area contributed by atoms with Gasteiger partial charge in [-0.1, -0.05) is 34.8 Å². The van der Waals surface area contributed by atoms with Crippen molar-refractivity contribution in [2.24, 2.45) is 0 Å². The van der Waals surface area contributed by atoms with E-state index in [1.807, 2.05) is 0 Å². The Labute approximate surface area is 217 Å². The lowest BCUT2D eigenvalue weighted by molar-refractivity contribution is -0.137. The number of sulfonamides is 1. The lowest BCUT2D eigenvalue weighted by Gasteiger charge is -2.15. The number of carbonyl (C=O) groups excluding carboxylic acids is 1. The van der Waals surface area contributed by atoms with E-state index in [1.165, 1.54) is 23.0 Å². The standard InChI is InChI=1S/C22H12Cl3F3N4O3S/c23-12-8-19(31-36(34,35)14-3-5-18(25)16(10-14)22(26,27)28)20(29-11-12)21(33)15-9-13(2-4-17(15)24)32-7-1-6-30-32/h1-11,31H. The first-order chi connectivity index (χ1) is 16.9. The van der Waals surface area contributed by atoms with Crippen molar-refractivity contribution in [3.05, 3.63) is 99.0 Å². The molecule has 0 spiro atoms. The van der Waals surface area contributed by atoms with Crippen LogP contribution in [0.25, 0.3) is 5.69 Å². The molecule has 0 amide bonds. The van der Waals surface area contributed by atoms with Crippen molar-refractivity contribution in [2.75, 3.05) is 4.72 Å². The molecule has 1 N–H and O–H groups in total. The fourth-order valence-corrected chi connectivity index (χ4v) is 4.84. The van der Waals surface area contributed by atoms with Gasteiger partial charge in [-0.3, -0.25) is 9.52 Å². The first-order valence-corrected chi connectivity index (χ1v) is 12.4. The van der Waals surface area contributed by atoms with Gasteiger partial charge in [-0.2, -0.15) is 18.3 Å². The normalized spacial score (nSPS) is 11.9. The van der Waals surface area contributed by atoms with E-state index in [0.29, 0.717) is 11.8 Å². The molecule has 7 nitrogen and oxygen atoms in total. The summed E-state index contributed by atoms with van der Waals surface area (Å²) in [4.78, 5) is 16.6. The number of benzene rings is 2. The minimum Gasteiger partial charge on any atom is -0.287 e. The monoisotopic (exact) mass is 574 g/mol. The van der Waals surface area contributed by atoms with Crippen LogP contribution in [0.4, 0.5) is 18.9 Å². The van der Waals surface area contributed by atoms with Crippen LogP contribution in [0.2, 0.25) is 15.1 Å². The lowest BCUT2D eigenvalue weighted by Crippen LogP contribution is -2.18. The van der Waals surface area contributed by atoms with E-state index in [0.717, 1.165) is 24.4 Å². The van der Waals surface area contributed by atoms with Crippen LogP contribution < -0.4 is 4.72 Å². The number of hydrogen-bond acceptors (Lipinski definition) is 5. The Morgan fingerprint density at radius 1 is 1.00 bits per heavy atom. The average Bonchev–Trinajstić information content (AvgIpc) is 3.33. The molecule has 0 radical (unpaired) electrons. The van der Waals surface area contributed by atoms with Crippen LogP contribution in [-0.4, -0.2) is 29.0 Å². The van der Waals surface area contributed by atoms with Gasteiger partial charge in [0, 0.05) is 24.2 Å². The third kappa shape index (κ3) is 5.34. The number of anilines is 1. The van der Waals surface area contributed by atoms with Gasteiger partial charge in [-0.05, 0) is 48.5 Å². The van der Waals surface area contributed by atoms with Crippen molar-refractivity contribution >= 4 is 56.3 Å². The third-order valence-corrected chi connectivity index (χ3v) is 7.06. The molecule has 0 saturated carbocycles. The summed E-state index contributed by atoms with van der Waals surface area (Å²) in [5.41, 5.74) is -1.62. The second-order valence-electron chi connectivity index (χ2n) is 7.24. The maximum absolute atomic E-state index is 13.4. The number of halogens is 6. The molecular weight excluding hydrogens is 564 g/mol. The van der Waals surface area contributed by atoms with Crippen molar-refractivity contribution in [3.63, 3.8) is 0 Å². The third-order valence-electron chi connectivity index (χ3n) is 4.83. The fraction of sp³-hybridized carbons (Fsp3) is 0.0455. The van der Waals surface area contributed by atoms with Crippen LogP contribution >= 0.6 is 34.8 Å². The summed E-state index contributed by atoms with van der Waals surface area (Å²) < 4.78 is 69.2. The van der Waals surface area contributed by atoms with Gasteiger partial charge >= 0.3 is 6.18 Å². The summed E-state index contributed by atoms with van der Waals surface area (Å²) >= 11 is 17.8. The number of carbonyl (C=O) groups is 1. The second kappa shape index (κ2) is 9.74. The molecule has 0 unspecified atom stereocenters. The molecule has 0 aliphatic carbocycles. The molecule has 0 saturated heterocycles. The molecule has 4 aromatic rings. The van der Waals surface area contributed by atoms with E-state index in [9.17, 15) is 26.4 Å². The van der Waals surface area contributed by atoms with Crippen molar-refractivity contribution in [3.8, 4) is 5.69 Å². The molecule has 2 heterocycles. The van der Waals surface area contributed by atoms with E-state index in [4.69, 9.17) is 34.8 Å². The van der Waals surface area contributed by atoms with Gasteiger partial charge in [0.2, 0.25) is 5.78 Å². The van der Waals surface area contributed by atoms with Gasteiger partial charge < -0.3 is 0 Å². The molecule has 36 heavy (non-hydrogen) atoms. The van der Waals surface area contributed by atoms with Crippen LogP contribution in [-0.2, 0) is 16.2 Å². The zero-order valence-electron chi connectivity index (χ0n) is 17.6. The summed E-state index contributed by atoms with van der Waals surface area (Å²) in [6.45, 7) is 0. The van der Waals surface area contributed by atoms with E-state index in [1.54, 1.807) is 18.3 Å². The van der Waals surface area contributed by atoms with Crippen molar-refractivity contribution < 1.29 is 26.4 Å². The Hall–Kier alpha value is -3.12. The maximum atomic E-state index is 13.4. The minimum atomic E-state index is -4.89. The van der Waals surface area contributed by atoms with Gasteiger partial charge in [-0.25, -0.2) is 18.1 Å². The zero-order valence-corrected chi connectivity index (χ0v) is 20.7. The van der Waals surface area contributed by atoms with Crippen LogP contribution in [0.15, 0.2) is 72.0 Å². The summed E-state index contributed by atoms with van der Waals surface area (Å²) in [6.07, 6.45) is -0.608. The number of nitrogens with zero attached hydrogens (tertiary/aromatic N) is 3. The van der Waals surface area contributed by atoms with Crippen LogP contribution in [0.5, 0.6) is 0 Å². The molecular formula is C22H12Cl3F3N4O3S. The van der Waals surface area contributed by atoms with Crippen molar-refractivity contribution in [1.29, 1.82) is 0 Å². The summed E-state index contributed by atoms with van der Waals surface area (Å²) in [6, 6.07) is 9.36. The number of pyridine rings is 1. The Balaban J connectivity index is 1.76. The molecule has 0 atom stereocenters. The highest BCUT2D eigenvalue weighted by Gasteiger charge is 2.35. The largest absolute Gasteiger partial charge is 0.417 e. The Morgan fingerprint density at radius 2 is 1.72 bits per heavy atom. The van der Waals surface area contributed by atoms with E-state index >= 15 is 0 Å². The van der Waals surface area contributed by atoms with Crippen LogP contribution in [0, 0.1) is 0 Å². The quantitative estimate of drug-likeness (QED) is 0.273. The predicted octanol–water partition coefficient (Wildman–Crippen LogP) is 6.28. The van der Waals surface area contributed by atoms with Crippen molar-refractivity contribution in [2.45, 2.75) is 11.1 Å². The highest BCUT2D eigenvalue weighted by atomic mass is 35.5. The van der Waals surface area contributed by atoms with Gasteiger partial charge in [0.05, 0.1) is 36.9 Å². The highest BCUT2D eigenvalue weighted by molar-refractivity contribution is 7.92. The van der Waals surface area contributed by atoms with Gasteiger partial charge in [0.1, 0.15) is 5.69 Å². The van der Waals surface area contributed by atoms with E-state index in [-0.39, 0.29) is 27.0 Å². The molecule has 0 aliphatic heterocycles. The lowest BCUT2D eigenvalue weighted by atomic mass is 10.1. The summed E-state index contributed by atoms with van der Waals surface area (Å²) in [5.74, 6) is -0.768. The number of ketones is 1. The molecule has 186 valence electrons. The first-order valence-electron chi connectivity index (χ1n) is 9.76. The Bertz CT molecular complexity index is 1580. The average molecular weight is 576 g/mol. The Kier molecular flexibility index (Phi) is 7.02. The number of rotatable bonds is 6. The molecule has 4 rings (SSSR count). The minimum absolute atomic E-state index is 0.0224. The van der Waals surface area contributed by atoms with Crippen molar-refractivity contribution in [1.82, 2.24) is 14.8 Å². The topological polar surface area (TPSA) is 93.9 Å². The molecule has 0 aliphatic rings. The highest BCUT2D eigenvalue weighted by Crippen LogP contribution is 2.36. The predicted molar refractivity (Wildman–Crippen MR) is 129 cm³/mol. The molecule has 2 aromatic carbocycles. The van der Waals surface area contributed by atoms with Crippen LogP contribution in [0.1, 0.15) is 21.6 Å². The van der Waals surface area contributed by atoms with Gasteiger partial charge in [-0.15, -0.1) is 0 Å². The van der Waals surface area contributed by atoms with E-state index in [2.05, 4.69) is 14.8 Å². The molecule has 2 aromatic heterocycles. The number of aromatic nitrogens is 3. The summed E-state index contributed by atoms with van der Waals surface area (Å²) in [7, 11) is -4.63.